The summed E-state index contributed by atoms with van der Waals surface area (Å²) in [6.07, 6.45) is 1.10. The largest absolute Gasteiger partial charge is 0.445 e. The first-order valence-corrected chi connectivity index (χ1v) is 11.6. The molecule has 6 amide bonds. The highest BCUT2D eigenvalue weighted by Gasteiger charge is 2.24. The summed E-state index contributed by atoms with van der Waals surface area (Å²) in [5.74, 6) is -3.75. The van der Waals surface area contributed by atoms with Gasteiger partial charge in [-0.15, -0.1) is 0 Å². The second-order valence-corrected chi connectivity index (χ2v) is 7.87. The molecule has 0 bridgehead atoms. The van der Waals surface area contributed by atoms with Gasteiger partial charge in [0, 0.05) is 25.2 Å². The van der Waals surface area contributed by atoms with Crippen LogP contribution < -0.4 is 21.8 Å². The van der Waals surface area contributed by atoms with Crippen LogP contribution in [0.4, 0.5) is 4.79 Å². The normalized spacial score (nSPS) is 12.1. The maximum absolute atomic E-state index is 12.5. The second kappa shape index (κ2) is 15.5. The number of nitrogens with one attached hydrogen (secondary N) is 3. The lowest BCUT2D eigenvalue weighted by atomic mass is 10.2. The number of amides is 6. The summed E-state index contributed by atoms with van der Waals surface area (Å²) in [4.78, 5) is 74.2. The number of benzene rings is 1. The van der Waals surface area contributed by atoms with Crippen molar-refractivity contribution in [2.45, 2.75) is 46.4 Å². The van der Waals surface area contributed by atoms with Gasteiger partial charge in [0.15, 0.2) is 0 Å². The van der Waals surface area contributed by atoms with Gasteiger partial charge in [-0.05, 0) is 33.3 Å². The minimum absolute atomic E-state index is 0.0124. The molecule has 13 nitrogen and oxygen atoms in total. The first kappa shape index (κ1) is 30.6. The molecule has 5 N–H and O–H groups in total. The van der Waals surface area contributed by atoms with Crippen LogP contribution in [0.15, 0.2) is 42.5 Å². The van der Waals surface area contributed by atoms with Crippen LogP contribution in [0.25, 0.3) is 0 Å². The van der Waals surface area contributed by atoms with Gasteiger partial charge < -0.3 is 26.0 Å². The van der Waals surface area contributed by atoms with Crippen molar-refractivity contribution in [1.82, 2.24) is 26.0 Å². The van der Waals surface area contributed by atoms with E-state index in [4.69, 9.17) is 10.5 Å². The minimum Gasteiger partial charge on any atom is -0.445 e. The van der Waals surface area contributed by atoms with Crippen molar-refractivity contribution in [2.75, 3.05) is 19.6 Å². The Morgan fingerprint density at radius 3 is 2.03 bits per heavy atom. The van der Waals surface area contributed by atoms with Gasteiger partial charge in [0.25, 0.3) is 11.8 Å². The molecule has 0 fully saturated rings. The fraction of sp³-hybridized carbons (Fsp3) is 0.417. The number of carbonyl (C=O) groups excluding carboxylic acids is 6. The zero-order valence-corrected chi connectivity index (χ0v) is 21.4. The molecule has 37 heavy (non-hydrogen) atoms. The lowest BCUT2D eigenvalue weighted by molar-refractivity contribution is -0.142. The summed E-state index contributed by atoms with van der Waals surface area (Å²) in [6, 6.07) is 6.74. The van der Waals surface area contributed by atoms with E-state index in [0.717, 1.165) is 17.7 Å². The lowest BCUT2D eigenvalue weighted by Crippen LogP contribution is -2.56. The van der Waals surface area contributed by atoms with E-state index in [1.54, 1.807) is 38.1 Å². The second-order valence-electron chi connectivity index (χ2n) is 7.87. The molecule has 1 aromatic rings. The van der Waals surface area contributed by atoms with Crippen molar-refractivity contribution >= 4 is 35.6 Å². The monoisotopic (exact) mass is 518 g/mol. The van der Waals surface area contributed by atoms with E-state index in [2.05, 4.69) is 16.1 Å². The molecule has 202 valence electrons. The molecule has 0 unspecified atom stereocenters. The average Bonchev–Trinajstić information content (AvgIpc) is 2.86. The molecule has 1 rings (SSSR count). The van der Waals surface area contributed by atoms with Crippen molar-refractivity contribution in [3.63, 3.8) is 0 Å². The van der Waals surface area contributed by atoms with Gasteiger partial charge in [0.05, 0.1) is 0 Å². The number of primary amides is 1. The molecule has 0 saturated heterocycles. The van der Waals surface area contributed by atoms with Crippen molar-refractivity contribution in [3.05, 3.63) is 48.0 Å². The van der Waals surface area contributed by atoms with Crippen molar-refractivity contribution in [1.29, 1.82) is 0 Å². The van der Waals surface area contributed by atoms with Gasteiger partial charge in [-0.3, -0.25) is 29.4 Å². The van der Waals surface area contributed by atoms with Gasteiger partial charge in [0.1, 0.15) is 25.2 Å². The number of hydrogen-bond acceptors (Lipinski definition) is 7. The molecule has 0 heterocycles. The van der Waals surface area contributed by atoms with Crippen molar-refractivity contribution in [3.8, 4) is 0 Å². The van der Waals surface area contributed by atoms with E-state index in [-0.39, 0.29) is 6.61 Å². The molecule has 0 aliphatic rings. The molecule has 0 aliphatic carbocycles. The first-order chi connectivity index (χ1) is 17.5. The highest BCUT2D eigenvalue weighted by molar-refractivity contribution is 5.99. The number of alkyl carbamates (subject to hydrolysis) is 1. The quantitative estimate of drug-likeness (QED) is 0.214. The number of likely N-dealkylation sites (N-methyl/N-ethyl adjacent to an activating group) is 1. The number of hydrazine groups is 1. The van der Waals surface area contributed by atoms with Crippen LogP contribution in [0.5, 0.6) is 0 Å². The van der Waals surface area contributed by atoms with Crippen LogP contribution in [-0.2, 0) is 35.3 Å². The standard InChI is InChI=1S/C24H34N6O7/c1-5-29(6-2)20(32)12-13-21(33)30(14-19(25)31)28-23(35)17(4)26-22(34)16(3)27-24(36)37-15-18-10-8-7-9-11-18/h7-13,16-17H,5-6,14-15H2,1-4H3,(H2,25,31)(H,26,34)(H,27,36)(H,28,35)/b13-12+/t16-,17-/m0/s1. The topological polar surface area (TPSA) is 180 Å². The molecule has 0 saturated carbocycles. The van der Waals surface area contributed by atoms with Crippen molar-refractivity contribution in [2.24, 2.45) is 5.73 Å². The summed E-state index contributed by atoms with van der Waals surface area (Å²) in [5.41, 5.74) is 8.11. The van der Waals surface area contributed by atoms with E-state index >= 15 is 0 Å². The van der Waals surface area contributed by atoms with E-state index in [1.165, 1.54) is 18.7 Å². The molecule has 0 spiro atoms. The Bertz CT molecular complexity index is 995. The maximum atomic E-state index is 12.5. The maximum Gasteiger partial charge on any atom is 0.408 e. The SMILES string of the molecule is CCN(CC)C(=O)/C=C/C(=O)N(CC(N)=O)NC(=O)[C@H](C)NC(=O)[C@H](C)NC(=O)OCc1ccccc1. The molecular formula is C24H34N6O7. The predicted octanol–water partition coefficient (Wildman–Crippen LogP) is -0.424. The Labute approximate surface area is 215 Å². The number of ether oxygens (including phenoxy) is 1. The first-order valence-electron chi connectivity index (χ1n) is 11.6. The van der Waals surface area contributed by atoms with Gasteiger partial charge >= 0.3 is 6.09 Å². The molecule has 2 atom stereocenters. The Morgan fingerprint density at radius 2 is 1.46 bits per heavy atom. The third-order valence-electron chi connectivity index (χ3n) is 4.96. The van der Waals surface area contributed by atoms with Gasteiger partial charge in [-0.1, -0.05) is 30.3 Å². The van der Waals surface area contributed by atoms with Crippen LogP contribution in [0.3, 0.4) is 0 Å². The number of nitrogens with zero attached hydrogens (tertiary/aromatic N) is 2. The van der Waals surface area contributed by atoms with Gasteiger partial charge in [-0.25, -0.2) is 9.80 Å². The van der Waals surface area contributed by atoms with Crippen LogP contribution in [0.1, 0.15) is 33.3 Å². The Morgan fingerprint density at radius 1 is 0.892 bits per heavy atom. The summed E-state index contributed by atoms with van der Waals surface area (Å²) >= 11 is 0. The predicted molar refractivity (Wildman–Crippen MR) is 133 cm³/mol. The van der Waals surface area contributed by atoms with E-state index < -0.39 is 54.3 Å². The zero-order chi connectivity index (χ0) is 28.0. The highest BCUT2D eigenvalue weighted by Crippen LogP contribution is 2.01. The summed E-state index contributed by atoms with van der Waals surface area (Å²) < 4.78 is 5.06. The van der Waals surface area contributed by atoms with E-state index in [9.17, 15) is 28.8 Å². The Balaban J connectivity index is 2.65. The van der Waals surface area contributed by atoms with Crippen LogP contribution in [-0.4, -0.2) is 77.3 Å². The van der Waals surface area contributed by atoms with Crippen molar-refractivity contribution < 1.29 is 33.5 Å². The average molecular weight is 519 g/mol. The Kier molecular flexibility index (Phi) is 12.9. The number of carbonyl (C=O) groups is 6. The number of hydrogen-bond donors (Lipinski definition) is 4. The number of nitrogens with two attached hydrogens (primary N) is 1. The lowest BCUT2D eigenvalue weighted by Gasteiger charge is -2.24. The summed E-state index contributed by atoms with van der Waals surface area (Å²) in [6.45, 7) is 6.49. The fourth-order valence-corrected chi connectivity index (χ4v) is 2.84. The molecule has 0 aromatic heterocycles. The molecule has 0 radical (unpaired) electrons. The zero-order valence-electron chi connectivity index (χ0n) is 21.4. The third kappa shape index (κ3) is 11.2. The van der Waals surface area contributed by atoms with E-state index in [0.29, 0.717) is 18.1 Å². The van der Waals surface area contributed by atoms with Crippen LogP contribution in [0.2, 0.25) is 0 Å². The Hall–Kier alpha value is -4.42. The fourth-order valence-electron chi connectivity index (χ4n) is 2.84. The smallest absolute Gasteiger partial charge is 0.408 e. The van der Waals surface area contributed by atoms with Crippen LogP contribution in [0, 0.1) is 0 Å². The molecule has 13 heteroatoms. The highest BCUT2D eigenvalue weighted by atomic mass is 16.5. The molecular weight excluding hydrogens is 484 g/mol. The summed E-state index contributed by atoms with van der Waals surface area (Å²) in [5, 5.41) is 5.36. The third-order valence-corrected chi connectivity index (χ3v) is 4.96. The number of rotatable bonds is 12. The molecule has 0 aliphatic heterocycles. The molecule has 1 aromatic carbocycles. The van der Waals surface area contributed by atoms with Crippen LogP contribution >= 0.6 is 0 Å². The van der Waals surface area contributed by atoms with E-state index in [1.807, 2.05) is 6.07 Å². The minimum atomic E-state index is -1.17. The van der Waals surface area contributed by atoms with Gasteiger partial charge in [0.2, 0.25) is 17.7 Å². The summed E-state index contributed by atoms with van der Waals surface area (Å²) in [7, 11) is 0. The van der Waals surface area contributed by atoms with Gasteiger partial charge in [-0.2, -0.15) is 0 Å².